The molecule has 1 aromatic carbocycles. The number of aliphatic hydroxyl groups is 1. The topological polar surface area (TPSA) is 41.5 Å². The largest absolute Gasteiger partial charge is 0.390 e. The van der Waals surface area contributed by atoms with Gasteiger partial charge in [0.05, 0.1) is 18.8 Å². The third-order valence-electron chi connectivity index (χ3n) is 7.71. The van der Waals surface area contributed by atoms with E-state index in [1.54, 1.807) is 0 Å². The molecule has 6 rings (SSSR count). The second kappa shape index (κ2) is 6.50. The summed E-state index contributed by atoms with van der Waals surface area (Å²) in [5.74, 6) is 0.712. The first-order valence-corrected chi connectivity index (χ1v) is 10.4. The van der Waals surface area contributed by atoms with Gasteiger partial charge in [-0.2, -0.15) is 0 Å². The van der Waals surface area contributed by atoms with Crippen LogP contribution in [0.2, 0.25) is 0 Å². The van der Waals surface area contributed by atoms with Crippen LogP contribution in [-0.2, 0) is 11.3 Å². The van der Waals surface area contributed by atoms with E-state index in [0.717, 1.165) is 44.7 Å². The molecule has 0 aromatic heterocycles. The van der Waals surface area contributed by atoms with Gasteiger partial charge in [-0.1, -0.05) is 6.07 Å². The zero-order chi connectivity index (χ0) is 18.6. The molecule has 4 saturated carbocycles. The molecule has 4 bridgehead atoms. The Morgan fingerprint density at radius 1 is 1.15 bits per heavy atom. The van der Waals surface area contributed by atoms with Crippen LogP contribution >= 0.6 is 0 Å². The summed E-state index contributed by atoms with van der Waals surface area (Å²) in [6, 6.07) is 4.26. The average molecular weight is 377 g/mol. The van der Waals surface area contributed by atoms with E-state index in [0.29, 0.717) is 36.0 Å². The van der Waals surface area contributed by atoms with Crippen molar-refractivity contribution in [2.45, 2.75) is 63.2 Å². The number of benzene rings is 1. The number of hydrogen-bond donors (Lipinski definition) is 2. The van der Waals surface area contributed by atoms with Crippen molar-refractivity contribution in [1.29, 1.82) is 0 Å². The molecular weight excluding hydrogens is 348 g/mol. The van der Waals surface area contributed by atoms with Crippen molar-refractivity contribution in [2.24, 2.45) is 23.2 Å². The van der Waals surface area contributed by atoms with Gasteiger partial charge in [-0.15, -0.1) is 0 Å². The van der Waals surface area contributed by atoms with E-state index < -0.39 is 17.2 Å². The van der Waals surface area contributed by atoms with Gasteiger partial charge in [-0.3, -0.25) is 0 Å². The fourth-order valence-electron chi connectivity index (χ4n) is 7.20. The second-order valence-electron chi connectivity index (χ2n) is 9.75. The maximum absolute atomic E-state index is 13.9. The Hall–Kier alpha value is -1.04. The fraction of sp³-hybridized carbons (Fsp3) is 0.727. The number of ether oxygens (including phenoxy) is 1. The van der Waals surface area contributed by atoms with Crippen molar-refractivity contribution in [3.8, 4) is 0 Å². The minimum Gasteiger partial charge on any atom is -0.390 e. The Bertz CT molecular complexity index is 702. The molecule has 3 unspecified atom stereocenters. The molecule has 5 heteroatoms. The molecule has 1 saturated heterocycles. The van der Waals surface area contributed by atoms with E-state index in [-0.39, 0.29) is 12.0 Å². The molecule has 2 N–H and O–H groups in total. The summed E-state index contributed by atoms with van der Waals surface area (Å²) in [4.78, 5) is 0. The number of rotatable bonds is 5. The van der Waals surface area contributed by atoms with Gasteiger partial charge in [0.1, 0.15) is 11.6 Å². The van der Waals surface area contributed by atoms with Crippen molar-refractivity contribution in [1.82, 2.24) is 5.32 Å². The van der Waals surface area contributed by atoms with Crippen LogP contribution in [0.5, 0.6) is 0 Å². The lowest BCUT2D eigenvalue weighted by molar-refractivity contribution is -0.208. The number of nitrogens with one attached hydrogen (secondary N) is 1. The molecular formula is C22H29F2NO2. The van der Waals surface area contributed by atoms with E-state index in [9.17, 15) is 13.9 Å². The molecule has 5 fully saturated rings. The Balaban J connectivity index is 1.28. The van der Waals surface area contributed by atoms with Crippen LogP contribution in [-0.4, -0.2) is 29.9 Å². The minimum atomic E-state index is -0.564. The average Bonchev–Trinajstić information content (AvgIpc) is 3.09. The first-order chi connectivity index (χ1) is 13.0. The predicted octanol–water partition coefficient (Wildman–Crippen LogP) is 3.79. The molecule has 1 aliphatic heterocycles. The van der Waals surface area contributed by atoms with Crippen LogP contribution in [0, 0.1) is 34.8 Å². The molecule has 27 heavy (non-hydrogen) atoms. The van der Waals surface area contributed by atoms with Crippen molar-refractivity contribution < 1.29 is 18.6 Å². The van der Waals surface area contributed by atoms with Gasteiger partial charge in [0.25, 0.3) is 0 Å². The molecule has 148 valence electrons. The Kier molecular flexibility index (Phi) is 4.34. The number of hydrogen-bond acceptors (Lipinski definition) is 3. The molecule has 1 heterocycles. The van der Waals surface area contributed by atoms with Gasteiger partial charge in [0, 0.05) is 17.7 Å². The zero-order valence-electron chi connectivity index (χ0n) is 15.7. The first-order valence-electron chi connectivity index (χ1n) is 10.4. The zero-order valence-corrected chi connectivity index (χ0v) is 15.7. The fourth-order valence-corrected chi connectivity index (χ4v) is 7.20. The summed E-state index contributed by atoms with van der Waals surface area (Å²) in [5.41, 5.74) is -0.120. The third-order valence-corrected chi connectivity index (χ3v) is 7.71. The molecule has 3 nitrogen and oxygen atoms in total. The van der Waals surface area contributed by atoms with Crippen LogP contribution in [0.1, 0.15) is 50.5 Å². The van der Waals surface area contributed by atoms with Crippen molar-refractivity contribution >= 4 is 0 Å². The summed E-state index contributed by atoms with van der Waals surface area (Å²) in [6.45, 7) is 1.85. The van der Waals surface area contributed by atoms with E-state index in [2.05, 4.69) is 5.32 Å². The van der Waals surface area contributed by atoms with Gasteiger partial charge >= 0.3 is 0 Å². The van der Waals surface area contributed by atoms with Crippen molar-refractivity contribution in [2.75, 3.05) is 13.2 Å². The molecule has 0 radical (unpaired) electrons. The highest BCUT2D eigenvalue weighted by Gasteiger charge is 2.61. The van der Waals surface area contributed by atoms with Crippen LogP contribution in [0.4, 0.5) is 8.78 Å². The maximum atomic E-state index is 13.9. The van der Waals surface area contributed by atoms with Crippen molar-refractivity contribution in [3.63, 3.8) is 0 Å². The Morgan fingerprint density at radius 2 is 1.93 bits per heavy atom. The smallest absolute Gasteiger partial charge is 0.131 e. The van der Waals surface area contributed by atoms with Crippen LogP contribution in [0.15, 0.2) is 18.2 Å². The minimum absolute atomic E-state index is 0.0200. The molecule has 1 aromatic rings. The van der Waals surface area contributed by atoms with Gasteiger partial charge in [-0.25, -0.2) is 8.78 Å². The molecule has 0 spiro atoms. The van der Waals surface area contributed by atoms with E-state index in [1.165, 1.54) is 25.0 Å². The van der Waals surface area contributed by atoms with Gasteiger partial charge in [0.15, 0.2) is 0 Å². The van der Waals surface area contributed by atoms with E-state index in [1.807, 2.05) is 0 Å². The maximum Gasteiger partial charge on any atom is 0.131 e. The summed E-state index contributed by atoms with van der Waals surface area (Å²) < 4.78 is 32.9. The predicted molar refractivity (Wildman–Crippen MR) is 98.0 cm³/mol. The van der Waals surface area contributed by atoms with Gasteiger partial charge in [-0.05, 0) is 80.7 Å². The molecule has 3 atom stereocenters. The Morgan fingerprint density at radius 3 is 2.59 bits per heavy atom. The summed E-state index contributed by atoms with van der Waals surface area (Å²) >= 11 is 0. The first kappa shape index (κ1) is 18.0. The van der Waals surface area contributed by atoms with Crippen LogP contribution in [0.3, 0.4) is 0 Å². The Labute approximate surface area is 159 Å². The lowest BCUT2D eigenvalue weighted by atomic mass is 9.44. The van der Waals surface area contributed by atoms with E-state index in [4.69, 9.17) is 4.74 Å². The summed E-state index contributed by atoms with van der Waals surface area (Å²) in [6.07, 6.45) is 7.43. The highest BCUT2D eigenvalue weighted by atomic mass is 19.1. The summed E-state index contributed by atoms with van der Waals surface area (Å²) in [7, 11) is 0. The standard InChI is InChI=1S/C22H29F2NO2/c23-17-4-3-14(18(24)6-17)11-27-13-21-7-15-9-22(26,12-21)10-16(8-21)20(15)19-2-1-5-25-19/h3-4,6,15-16,19-20,25-26H,1-2,5,7-13H2. The monoisotopic (exact) mass is 377 g/mol. The number of halogens is 2. The third kappa shape index (κ3) is 3.22. The van der Waals surface area contributed by atoms with Crippen LogP contribution < -0.4 is 5.32 Å². The highest BCUT2D eigenvalue weighted by molar-refractivity contribution is 5.18. The molecule has 0 amide bonds. The van der Waals surface area contributed by atoms with Gasteiger partial charge in [0.2, 0.25) is 0 Å². The lowest BCUT2D eigenvalue weighted by Gasteiger charge is -2.64. The van der Waals surface area contributed by atoms with E-state index >= 15 is 0 Å². The highest BCUT2D eigenvalue weighted by Crippen LogP contribution is 2.64. The quantitative estimate of drug-likeness (QED) is 0.820. The van der Waals surface area contributed by atoms with Gasteiger partial charge < -0.3 is 15.2 Å². The normalized spacial score (nSPS) is 42.8. The van der Waals surface area contributed by atoms with Crippen molar-refractivity contribution in [3.05, 3.63) is 35.4 Å². The molecule has 4 aliphatic carbocycles. The summed E-state index contributed by atoms with van der Waals surface area (Å²) in [5, 5.41) is 14.8. The van der Waals surface area contributed by atoms with Crippen LogP contribution in [0.25, 0.3) is 0 Å². The SMILES string of the molecule is OC12CC3CC(COCc4ccc(F)cc4F)(CC(C1)C3C1CCCN1)C2. The second-order valence-corrected chi connectivity index (χ2v) is 9.75. The lowest BCUT2D eigenvalue weighted by Crippen LogP contribution is -2.63. The molecule has 5 aliphatic rings.